The van der Waals surface area contributed by atoms with Gasteiger partial charge in [-0.1, -0.05) is 78.0 Å². The van der Waals surface area contributed by atoms with Crippen molar-refractivity contribution in [1.29, 1.82) is 0 Å². The molecule has 160 valence electrons. The van der Waals surface area contributed by atoms with Gasteiger partial charge in [-0.05, 0) is 35.2 Å². The summed E-state index contributed by atoms with van der Waals surface area (Å²) in [6.07, 6.45) is 0.981. The average molecular weight is 437 g/mol. The van der Waals surface area contributed by atoms with Gasteiger partial charge in [-0.2, -0.15) is 4.98 Å². The van der Waals surface area contributed by atoms with Crippen LogP contribution in [0.4, 0.5) is 0 Å². The number of benzene rings is 3. The second kappa shape index (κ2) is 10.2. The van der Waals surface area contributed by atoms with Crippen molar-refractivity contribution >= 4 is 29.1 Å². The summed E-state index contributed by atoms with van der Waals surface area (Å²) in [5.74, 6) is 0.653. The third-order valence-electron chi connectivity index (χ3n) is 5.05. The molecule has 4 rings (SSSR count). The van der Waals surface area contributed by atoms with Crippen LogP contribution in [-0.4, -0.2) is 22.1 Å². The summed E-state index contributed by atoms with van der Waals surface area (Å²) in [4.78, 5) is 17.2. The predicted molar refractivity (Wildman–Crippen MR) is 123 cm³/mol. The average Bonchev–Trinajstić information content (AvgIpc) is 3.20. The molecule has 0 bridgehead atoms. The molecule has 0 saturated heterocycles. The lowest BCUT2D eigenvalue weighted by Crippen LogP contribution is -2.44. The molecule has 0 spiro atoms. The van der Waals surface area contributed by atoms with Gasteiger partial charge in [-0.25, -0.2) is 0 Å². The maximum atomic E-state index is 12.9. The number of aromatic nitrogens is 2. The summed E-state index contributed by atoms with van der Waals surface area (Å²) in [5, 5.41) is 9.14. The van der Waals surface area contributed by atoms with Gasteiger partial charge in [-0.3, -0.25) is 4.79 Å². The maximum Gasteiger partial charge on any atom is 0.249 e. The van der Waals surface area contributed by atoms with Crippen LogP contribution >= 0.6 is 12.4 Å². The zero-order valence-electron chi connectivity index (χ0n) is 17.2. The van der Waals surface area contributed by atoms with Crippen molar-refractivity contribution in [2.75, 3.05) is 0 Å². The van der Waals surface area contributed by atoms with E-state index in [4.69, 9.17) is 10.3 Å². The minimum absolute atomic E-state index is 0. The first kappa shape index (κ1) is 22.5. The van der Waals surface area contributed by atoms with E-state index in [1.165, 1.54) is 0 Å². The molecular weight excluding hydrogens is 412 g/mol. The molecule has 0 aliphatic carbocycles. The number of amides is 1. The van der Waals surface area contributed by atoms with Crippen LogP contribution in [0.5, 0.6) is 0 Å². The molecule has 6 nitrogen and oxygen atoms in total. The Morgan fingerprint density at radius 2 is 1.68 bits per heavy atom. The Hall–Kier alpha value is -3.22. The molecule has 0 fully saturated rings. The van der Waals surface area contributed by atoms with Crippen LogP contribution in [-0.2, 0) is 17.6 Å². The predicted octanol–water partition coefficient (Wildman–Crippen LogP) is 3.92. The first-order valence-corrected chi connectivity index (χ1v) is 9.96. The van der Waals surface area contributed by atoms with Gasteiger partial charge in [0.1, 0.15) is 6.04 Å². The van der Waals surface area contributed by atoms with Gasteiger partial charge in [0.15, 0.2) is 5.82 Å². The second-order valence-electron chi connectivity index (χ2n) is 7.42. The Labute approximate surface area is 187 Å². The highest BCUT2D eigenvalue weighted by Gasteiger charge is 2.24. The lowest BCUT2D eigenvalue weighted by molar-refractivity contribution is -0.123. The first-order valence-electron chi connectivity index (χ1n) is 9.96. The second-order valence-corrected chi connectivity index (χ2v) is 7.42. The molecule has 4 aromatic rings. The van der Waals surface area contributed by atoms with Crippen molar-refractivity contribution in [1.82, 2.24) is 15.5 Å². The van der Waals surface area contributed by atoms with Crippen LogP contribution in [0.1, 0.15) is 28.9 Å². The van der Waals surface area contributed by atoms with E-state index in [0.717, 1.165) is 21.9 Å². The van der Waals surface area contributed by atoms with E-state index in [9.17, 15) is 4.79 Å². The van der Waals surface area contributed by atoms with Gasteiger partial charge in [0.2, 0.25) is 11.8 Å². The fourth-order valence-electron chi connectivity index (χ4n) is 3.50. The summed E-state index contributed by atoms with van der Waals surface area (Å²) in [6.45, 7) is 1.75. The highest BCUT2D eigenvalue weighted by atomic mass is 35.5. The summed E-state index contributed by atoms with van der Waals surface area (Å²) in [6, 6.07) is 23.0. The topological polar surface area (TPSA) is 94.0 Å². The van der Waals surface area contributed by atoms with Crippen LogP contribution in [0.2, 0.25) is 0 Å². The Bertz CT molecular complexity index is 1150. The monoisotopic (exact) mass is 436 g/mol. The minimum Gasteiger partial charge on any atom is -0.343 e. The molecule has 1 heterocycles. The van der Waals surface area contributed by atoms with E-state index in [-0.39, 0.29) is 18.3 Å². The number of hydrogen-bond acceptors (Lipinski definition) is 5. The number of carbonyl (C=O) groups is 1. The van der Waals surface area contributed by atoms with E-state index in [2.05, 4.69) is 39.7 Å². The fourth-order valence-corrected chi connectivity index (χ4v) is 3.50. The standard InChI is InChI=1S/C24H24N4O2.ClH/c1-16-26-24(30-28-16)22(15-17-7-3-2-4-8-17)27-23(29)21(25)14-18-11-12-19-9-5-6-10-20(19)13-18;/h2-13,21-22H,14-15,25H2,1H3,(H,27,29);1H/t21-,22-;/m1./s1. The highest BCUT2D eigenvalue weighted by Crippen LogP contribution is 2.19. The van der Waals surface area contributed by atoms with Crippen molar-refractivity contribution < 1.29 is 9.32 Å². The first-order chi connectivity index (χ1) is 14.6. The molecule has 3 N–H and O–H groups in total. The zero-order valence-corrected chi connectivity index (χ0v) is 18.0. The largest absolute Gasteiger partial charge is 0.343 e. The Morgan fingerprint density at radius 3 is 2.39 bits per heavy atom. The van der Waals surface area contributed by atoms with Gasteiger partial charge >= 0.3 is 0 Å². The third-order valence-corrected chi connectivity index (χ3v) is 5.05. The molecule has 1 amide bonds. The molecule has 0 saturated carbocycles. The smallest absolute Gasteiger partial charge is 0.249 e. The fraction of sp³-hybridized carbons (Fsp3) is 0.208. The van der Waals surface area contributed by atoms with Crippen LogP contribution in [0.3, 0.4) is 0 Å². The van der Waals surface area contributed by atoms with Gasteiger partial charge in [0, 0.05) is 6.42 Å². The van der Waals surface area contributed by atoms with Gasteiger partial charge in [0.05, 0.1) is 6.04 Å². The van der Waals surface area contributed by atoms with Gasteiger partial charge in [-0.15, -0.1) is 12.4 Å². The van der Waals surface area contributed by atoms with E-state index in [0.29, 0.717) is 24.6 Å². The number of rotatable bonds is 7. The number of hydrogen-bond donors (Lipinski definition) is 2. The van der Waals surface area contributed by atoms with Gasteiger partial charge in [0.25, 0.3) is 0 Å². The number of aryl methyl sites for hydroxylation is 1. The van der Waals surface area contributed by atoms with Crippen molar-refractivity contribution in [3.05, 3.63) is 95.6 Å². The molecule has 7 heteroatoms. The molecule has 1 aromatic heterocycles. The molecular formula is C24H25ClN4O2. The van der Waals surface area contributed by atoms with Crippen molar-refractivity contribution in [2.24, 2.45) is 5.73 Å². The molecule has 0 aliphatic heterocycles. The lowest BCUT2D eigenvalue weighted by Gasteiger charge is -2.18. The van der Waals surface area contributed by atoms with E-state index in [1.54, 1.807) is 6.92 Å². The van der Waals surface area contributed by atoms with Crippen LogP contribution < -0.4 is 11.1 Å². The van der Waals surface area contributed by atoms with Crippen LogP contribution in [0.25, 0.3) is 10.8 Å². The normalized spacial score (nSPS) is 12.7. The number of fused-ring (bicyclic) bond motifs is 1. The Morgan fingerprint density at radius 1 is 0.968 bits per heavy atom. The third kappa shape index (κ3) is 5.69. The summed E-state index contributed by atoms with van der Waals surface area (Å²) in [5.41, 5.74) is 8.31. The number of nitrogens with zero attached hydrogens (tertiary/aromatic N) is 2. The quantitative estimate of drug-likeness (QED) is 0.458. The summed E-state index contributed by atoms with van der Waals surface area (Å²) in [7, 11) is 0. The van der Waals surface area contributed by atoms with Crippen molar-refractivity contribution in [3.8, 4) is 0 Å². The highest BCUT2D eigenvalue weighted by molar-refractivity contribution is 5.85. The van der Waals surface area contributed by atoms with Crippen LogP contribution in [0.15, 0.2) is 77.3 Å². The molecule has 2 atom stereocenters. The number of halogens is 1. The van der Waals surface area contributed by atoms with Crippen molar-refractivity contribution in [3.63, 3.8) is 0 Å². The number of nitrogens with two attached hydrogens (primary N) is 1. The maximum absolute atomic E-state index is 12.9. The van der Waals surface area contributed by atoms with Gasteiger partial charge < -0.3 is 15.6 Å². The number of carbonyl (C=O) groups excluding carboxylic acids is 1. The SMILES string of the molecule is Cc1noc([C@@H](Cc2ccccc2)NC(=O)[C@H](N)Cc2ccc3ccccc3c2)n1.Cl. The number of nitrogens with one attached hydrogen (secondary N) is 1. The minimum atomic E-state index is -0.687. The van der Waals surface area contributed by atoms with E-state index < -0.39 is 12.1 Å². The zero-order chi connectivity index (χ0) is 20.9. The lowest BCUT2D eigenvalue weighted by atomic mass is 10.0. The molecule has 31 heavy (non-hydrogen) atoms. The van der Waals surface area contributed by atoms with E-state index >= 15 is 0 Å². The van der Waals surface area contributed by atoms with Crippen LogP contribution in [0, 0.1) is 6.92 Å². The molecule has 0 aliphatic rings. The Kier molecular flexibility index (Phi) is 7.39. The Balaban J connectivity index is 0.00000272. The molecule has 0 radical (unpaired) electrons. The summed E-state index contributed by atoms with van der Waals surface area (Å²) >= 11 is 0. The van der Waals surface area contributed by atoms with Crippen molar-refractivity contribution in [2.45, 2.75) is 31.8 Å². The van der Waals surface area contributed by atoms with E-state index in [1.807, 2.05) is 48.5 Å². The molecule has 0 unspecified atom stereocenters. The summed E-state index contributed by atoms with van der Waals surface area (Å²) < 4.78 is 5.33. The molecule has 3 aromatic carbocycles.